The number of benzene rings is 1. The predicted molar refractivity (Wildman–Crippen MR) is 83.1 cm³/mol. The van der Waals surface area contributed by atoms with Crippen molar-refractivity contribution in [2.24, 2.45) is 5.92 Å². The maximum atomic E-state index is 9.87. The Labute approximate surface area is 125 Å². The number of para-hydroxylation sites is 1. The van der Waals surface area contributed by atoms with Gasteiger partial charge in [0.05, 0.1) is 12.0 Å². The lowest BCUT2D eigenvalue weighted by Crippen LogP contribution is -2.63. The number of anilines is 1. The molecular weight excluding hydrogens is 260 g/mol. The molecule has 2 N–H and O–H groups in total. The van der Waals surface area contributed by atoms with Gasteiger partial charge in [0, 0.05) is 24.7 Å². The van der Waals surface area contributed by atoms with Gasteiger partial charge in [-0.1, -0.05) is 36.4 Å². The van der Waals surface area contributed by atoms with E-state index in [2.05, 4.69) is 47.1 Å². The molecule has 1 aromatic rings. The fourth-order valence-corrected chi connectivity index (χ4v) is 5.35. The predicted octanol–water partition coefficient (Wildman–Crippen LogP) is 2.26. The summed E-state index contributed by atoms with van der Waals surface area (Å²) in [7, 11) is 0. The number of fused-ring (bicyclic) bond motifs is 2. The first-order valence-electron chi connectivity index (χ1n) is 7.83. The van der Waals surface area contributed by atoms with Crippen LogP contribution in [0.3, 0.4) is 0 Å². The molecule has 1 aliphatic carbocycles. The third kappa shape index (κ3) is 1.16. The van der Waals surface area contributed by atoms with Crippen LogP contribution < -0.4 is 5.32 Å². The summed E-state index contributed by atoms with van der Waals surface area (Å²) in [6.07, 6.45) is 4.54. The first-order chi connectivity index (χ1) is 10.2. The highest BCUT2D eigenvalue weighted by atomic mass is 16.3. The average Bonchev–Trinajstić information content (AvgIpc) is 2.97. The number of nitrogens with zero attached hydrogens (tertiary/aromatic N) is 1. The van der Waals surface area contributed by atoms with Crippen LogP contribution in [0.5, 0.6) is 0 Å². The molecule has 0 aromatic heterocycles. The molecule has 1 spiro atoms. The highest BCUT2D eigenvalue weighted by molar-refractivity contribution is 5.69. The lowest BCUT2D eigenvalue weighted by atomic mass is 9.61. The van der Waals surface area contributed by atoms with E-state index in [0.29, 0.717) is 5.92 Å². The van der Waals surface area contributed by atoms with Crippen molar-refractivity contribution in [1.82, 2.24) is 4.90 Å². The first-order valence-corrected chi connectivity index (χ1v) is 7.83. The Hall–Kier alpha value is -1.58. The molecule has 0 radical (unpaired) electrons. The minimum atomic E-state index is 0.00120. The number of aliphatic hydroxyl groups is 1. The molecule has 5 rings (SSSR count). The smallest absolute Gasteiger partial charge is 0.105 e. The molecule has 3 aliphatic heterocycles. The van der Waals surface area contributed by atoms with Crippen LogP contribution in [0.4, 0.5) is 5.69 Å². The molecule has 108 valence electrons. The zero-order valence-electron chi connectivity index (χ0n) is 12.1. The van der Waals surface area contributed by atoms with Crippen LogP contribution in [-0.4, -0.2) is 35.4 Å². The number of rotatable bonds is 1. The zero-order chi connectivity index (χ0) is 14.2. The quantitative estimate of drug-likeness (QED) is 0.775. The molecule has 3 nitrogen and oxygen atoms in total. The number of hydrogen-bond donors (Lipinski definition) is 2. The number of aliphatic hydroxyl groups excluding tert-OH is 1. The Morgan fingerprint density at radius 2 is 2.24 bits per heavy atom. The van der Waals surface area contributed by atoms with E-state index in [4.69, 9.17) is 0 Å². The van der Waals surface area contributed by atoms with Gasteiger partial charge >= 0.3 is 0 Å². The molecule has 21 heavy (non-hydrogen) atoms. The normalized spacial score (nSPS) is 39.6. The lowest BCUT2D eigenvalue weighted by molar-refractivity contribution is 0.0826. The summed E-state index contributed by atoms with van der Waals surface area (Å²) >= 11 is 0. The summed E-state index contributed by atoms with van der Waals surface area (Å²) in [5.41, 5.74) is 5.14. The Balaban J connectivity index is 1.82. The van der Waals surface area contributed by atoms with E-state index < -0.39 is 0 Å². The highest BCUT2D eigenvalue weighted by Gasteiger charge is 2.67. The van der Waals surface area contributed by atoms with Crippen molar-refractivity contribution < 1.29 is 5.11 Å². The summed E-state index contributed by atoms with van der Waals surface area (Å²) < 4.78 is 0. The van der Waals surface area contributed by atoms with Gasteiger partial charge in [-0.05, 0) is 30.0 Å². The topological polar surface area (TPSA) is 35.5 Å². The Morgan fingerprint density at radius 1 is 1.38 bits per heavy atom. The molecule has 3 heterocycles. The maximum absolute atomic E-state index is 9.87. The second-order valence-corrected chi connectivity index (χ2v) is 6.97. The summed E-state index contributed by atoms with van der Waals surface area (Å²) in [5.74, 6) is 0.333. The Kier molecular flexibility index (Phi) is 2.06. The molecular formula is C18H20N2O. The van der Waals surface area contributed by atoms with Gasteiger partial charge in [0.25, 0.3) is 0 Å². The number of nitrogens with one attached hydrogen (secondary N) is 1. The summed E-state index contributed by atoms with van der Waals surface area (Å²) in [6, 6.07) is 8.70. The lowest BCUT2D eigenvalue weighted by Gasteiger charge is -2.54. The van der Waals surface area contributed by atoms with Gasteiger partial charge in [-0.2, -0.15) is 0 Å². The van der Waals surface area contributed by atoms with E-state index in [-0.39, 0.29) is 17.7 Å². The van der Waals surface area contributed by atoms with Gasteiger partial charge in [0.15, 0.2) is 0 Å². The van der Waals surface area contributed by atoms with Gasteiger partial charge in [-0.15, -0.1) is 0 Å². The van der Waals surface area contributed by atoms with Crippen molar-refractivity contribution >= 4 is 5.69 Å². The van der Waals surface area contributed by atoms with Crippen molar-refractivity contribution in [2.75, 3.05) is 25.0 Å². The first kappa shape index (κ1) is 12.0. The molecule has 2 fully saturated rings. The monoisotopic (exact) mass is 280 g/mol. The van der Waals surface area contributed by atoms with E-state index in [1.54, 1.807) is 0 Å². The standard InChI is InChI=1S/C18H20N2O/c1-12-10-20-7-6-17-8-13(11-21)14(12)9-18(17,20)19-16-5-3-2-4-15(16)17/h2-5,8,14,19,21H,1,6-7,9-11H2/t14-,17+,18-/m0/s1. The molecule has 2 bridgehead atoms. The Morgan fingerprint density at radius 3 is 3.10 bits per heavy atom. The van der Waals surface area contributed by atoms with Crippen molar-refractivity contribution in [3.8, 4) is 0 Å². The molecule has 3 atom stereocenters. The van der Waals surface area contributed by atoms with Crippen LogP contribution in [-0.2, 0) is 5.41 Å². The van der Waals surface area contributed by atoms with Gasteiger partial charge in [0.1, 0.15) is 5.66 Å². The second kappa shape index (κ2) is 3.60. The molecule has 0 saturated carbocycles. The molecule has 1 aromatic carbocycles. The minimum absolute atomic E-state index is 0.00120. The highest BCUT2D eigenvalue weighted by Crippen LogP contribution is 2.63. The molecule has 2 saturated heterocycles. The van der Waals surface area contributed by atoms with Crippen molar-refractivity contribution in [3.63, 3.8) is 0 Å². The largest absolute Gasteiger partial charge is 0.392 e. The number of hydrogen-bond acceptors (Lipinski definition) is 3. The maximum Gasteiger partial charge on any atom is 0.105 e. The molecule has 0 unspecified atom stereocenters. The van der Waals surface area contributed by atoms with Crippen LogP contribution in [0, 0.1) is 5.92 Å². The van der Waals surface area contributed by atoms with Crippen LogP contribution in [0.1, 0.15) is 18.4 Å². The Bertz CT molecular complexity index is 694. The van der Waals surface area contributed by atoms with Crippen molar-refractivity contribution in [3.05, 3.63) is 53.6 Å². The van der Waals surface area contributed by atoms with Gasteiger partial charge in [0.2, 0.25) is 0 Å². The van der Waals surface area contributed by atoms with Gasteiger partial charge in [-0.25, -0.2) is 0 Å². The third-order valence-corrected chi connectivity index (χ3v) is 6.25. The van der Waals surface area contributed by atoms with Crippen LogP contribution in [0.15, 0.2) is 48.1 Å². The fraction of sp³-hybridized carbons (Fsp3) is 0.444. The zero-order valence-corrected chi connectivity index (χ0v) is 12.1. The average molecular weight is 280 g/mol. The fourth-order valence-electron chi connectivity index (χ4n) is 5.35. The van der Waals surface area contributed by atoms with Gasteiger partial charge < -0.3 is 10.4 Å². The third-order valence-electron chi connectivity index (χ3n) is 6.25. The van der Waals surface area contributed by atoms with E-state index in [9.17, 15) is 5.11 Å². The summed E-state index contributed by atoms with van der Waals surface area (Å²) in [5, 5.41) is 13.7. The van der Waals surface area contributed by atoms with E-state index in [1.165, 1.54) is 22.4 Å². The van der Waals surface area contributed by atoms with E-state index >= 15 is 0 Å². The summed E-state index contributed by atoms with van der Waals surface area (Å²) in [4.78, 5) is 2.58. The van der Waals surface area contributed by atoms with Gasteiger partial charge in [-0.3, -0.25) is 4.90 Å². The van der Waals surface area contributed by atoms with E-state index in [0.717, 1.165) is 25.9 Å². The van der Waals surface area contributed by atoms with Crippen molar-refractivity contribution in [1.29, 1.82) is 0 Å². The van der Waals surface area contributed by atoms with Crippen molar-refractivity contribution in [2.45, 2.75) is 23.9 Å². The molecule has 0 amide bonds. The van der Waals surface area contributed by atoms with Crippen LogP contribution in [0.2, 0.25) is 0 Å². The second-order valence-electron chi connectivity index (χ2n) is 6.97. The van der Waals surface area contributed by atoms with E-state index in [1.807, 2.05) is 0 Å². The minimum Gasteiger partial charge on any atom is -0.392 e. The molecule has 3 heteroatoms. The SMILES string of the molecule is C=C1CN2CC[C@]34C=C(CO)[C@H]1C[C@]23Nc1ccccc14. The summed E-state index contributed by atoms with van der Waals surface area (Å²) in [6.45, 7) is 6.49. The van der Waals surface area contributed by atoms with Crippen LogP contribution in [0.25, 0.3) is 0 Å². The van der Waals surface area contributed by atoms with Crippen LogP contribution >= 0.6 is 0 Å². The molecule has 4 aliphatic rings. The number of piperidine rings is 1.